The molecule has 2 heteroatoms. The zero-order valence-corrected chi connectivity index (χ0v) is 7.75. The highest BCUT2D eigenvalue weighted by Crippen LogP contribution is 2.55. The summed E-state index contributed by atoms with van der Waals surface area (Å²) < 4.78 is 0. The number of carbonyl (C=O) groups is 1. The normalized spacial score (nSPS) is 35.8. The maximum atomic E-state index is 11.5. The van der Waals surface area contributed by atoms with E-state index >= 15 is 0 Å². The van der Waals surface area contributed by atoms with Gasteiger partial charge in [-0.3, -0.25) is 4.79 Å². The minimum Gasteiger partial charge on any atom is -0.345 e. The lowest BCUT2D eigenvalue weighted by Crippen LogP contribution is -2.26. The Morgan fingerprint density at radius 2 is 2.00 bits per heavy atom. The van der Waals surface area contributed by atoms with Crippen molar-refractivity contribution in [3.63, 3.8) is 0 Å². The predicted octanol–water partition coefficient (Wildman–Crippen LogP) is 1.17. The van der Waals surface area contributed by atoms with Crippen molar-refractivity contribution in [1.29, 1.82) is 0 Å². The van der Waals surface area contributed by atoms with Crippen LogP contribution in [-0.4, -0.2) is 12.5 Å². The van der Waals surface area contributed by atoms with E-state index in [1.807, 2.05) is 0 Å². The molecule has 0 radical (unpaired) electrons. The van der Waals surface area contributed by atoms with E-state index < -0.39 is 0 Å². The van der Waals surface area contributed by atoms with Crippen LogP contribution in [0.15, 0.2) is 0 Å². The molecule has 0 aromatic carbocycles. The molecule has 2 fully saturated rings. The minimum atomic E-state index is 0.190. The fourth-order valence-electron chi connectivity index (χ4n) is 2.64. The molecule has 2 rings (SSSR count). The van der Waals surface area contributed by atoms with Crippen molar-refractivity contribution >= 4 is 5.91 Å². The first-order chi connectivity index (χ1) is 6.34. The van der Waals surface area contributed by atoms with Crippen LogP contribution in [-0.2, 0) is 4.79 Å². The first-order valence-electron chi connectivity index (χ1n) is 5.06. The lowest BCUT2D eigenvalue weighted by molar-refractivity contribution is -0.122. The molecule has 0 spiro atoms. The molecule has 2 nitrogen and oxygen atoms in total. The van der Waals surface area contributed by atoms with Gasteiger partial charge in [0.1, 0.15) is 0 Å². The maximum absolute atomic E-state index is 11.5. The molecule has 0 heterocycles. The Morgan fingerprint density at radius 1 is 1.38 bits per heavy atom. The van der Waals surface area contributed by atoms with Gasteiger partial charge >= 0.3 is 0 Å². The van der Waals surface area contributed by atoms with E-state index in [9.17, 15) is 4.79 Å². The fourth-order valence-corrected chi connectivity index (χ4v) is 2.64. The summed E-state index contributed by atoms with van der Waals surface area (Å²) in [4.78, 5) is 11.5. The van der Waals surface area contributed by atoms with Crippen LogP contribution in [0.3, 0.4) is 0 Å². The van der Waals surface area contributed by atoms with Crippen LogP contribution in [0.25, 0.3) is 0 Å². The van der Waals surface area contributed by atoms with Gasteiger partial charge in [-0.05, 0) is 24.7 Å². The van der Waals surface area contributed by atoms with Gasteiger partial charge in [0, 0.05) is 5.92 Å². The van der Waals surface area contributed by atoms with Crippen LogP contribution >= 0.6 is 0 Å². The Morgan fingerprint density at radius 3 is 2.54 bits per heavy atom. The summed E-state index contributed by atoms with van der Waals surface area (Å²) in [5.74, 6) is 4.30. The highest BCUT2D eigenvalue weighted by atomic mass is 16.2. The molecule has 0 aliphatic heterocycles. The third kappa shape index (κ3) is 1.56. The average molecular weight is 177 g/mol. The molecule has 13 heavy (non-hydrogen) atoms. The van der Waals surface area contributed by atoms with Gasteiger partial charge < -0.3 is 5.32 Å². The van der Waals surface area contributed by atoms with Crippen molar-refractivity contribution in [3.05, 3.63) is 0 Å². The number of hydrogen-bond donors (Lipinski definition) is 1. The zero-order valence-electron chi connectivity index (χ0n) is 7.75. The summed E-state index contributed by atoms with van der Waals surface area (Å²) in [5, 5.41) is 2.78. The number of hydrogen-bond acceptors (Lipinski definition) is 1. The van der Waals surface area contributed by atoms with Crippen LogP contribution in [0.4, 0.5) is 0 Å². The third-order valence-electron chi connectivity index (χ3n) is 3.32. The number of amides is 1. The molecule has 0 bridgehead atoms. The Labute approximate surface area is 79.1 Å². The molecule has 2 unspecified atom stereocenters. The van der Waals surface area contributed by atoms with Crippen molar-refractivity contribution < 1.29 is 4.79 Å². The van der Waals surface area contributed by atoms with Gasteiger partial charge in [0.05, 0.1) is 6.54 Å². The van der Waals surface area contributed by atoms with Gasteiger partial charge in [-0.2, -0.15) is 0 Å². The quantitative estimate of drug-likeness (QED) is 0.630. The summed E-state index contributed by atoms with van der Waals surface area (Å²) in [6.45, 7) is 0.384. The number of fused-ring (bicyclic) bond motifs is 1. The third-order valence-corrected chi connectivity index (χ3v) is 3.32. The maximum Gasteiger partial charge on any atom is 0.224 e. The summed E-state index contributed by atoms with van der Waals surface area (Å²) in [5.41, 5.74) is 0. The zero-order chi connectivity index (χ0) is 9.26. The van der Waals surface area contributed by atoms with E-state index in [1.165, 1.54) is 25.7 Å². The lowest BCUT2D eigenvalue weighted by atomic mass is 10.0. The van der Waals surface area contributed by atoms with Gasteiger partial charge in [-0.1, -0.05) is 18.8 Å². The SMILES string of the molecule is C#CCNC(=O)C1C2CCCCC21. The number of rotatable bonds is 2. The second kappa shape index (κ2) is 3.41. The smallest absolute Gasteiger partial charge is 0.224 e. The van der Waals surface area contributed by atoms with Crippen LogP contribution in [0.2, 0.25) is 0 Å². The fraction of sp³-hybridized carbons (Fsp3) is 0.727. The van der Waals surface area contributed by atoms with Crippen LogP contribution in [0.1, 0.15) is 25.7 Å². The summed E-state index contributed by atoms with van der Waals surface area (Å²) in [6, 6.07) is 0. The number of terminal acetylenes is 1. The molecule has 2 aliphatic rings. The molecule has 0 saturated heterocycles. The van der Waals surface area contributed by atoms with E-state index in [0.717, 1.165) is 0 Å². The van der Waals surface area contributed by atoms with Crippen molar-refractivity contribution in [2.24, 2.45) is 17.8 Å². The highest BCUT2D eigenvalue weighted by molar-refractivity contribution is 5.82. The van der Waals surface area contributed by atoms with E-state index in [2.05, 4.69) is 11.2 Å². The average Bonchev–Trinajstić information content (AvgIpc) is 2.88. The van der Waals surface area contributed by atoms with Gasteiger partial charge in [0.2, 0.25) is 5.91 Å². The van der Waals surface area contributed by atoms with Crippen molar-refractivity contribution in [1.82, 2.24) is 5.32 Å². The summed E-state index contributed by atoms with van der Waals surface area (Å²) in [6.07, 6.45) is 10.2. The van der Waals surface area contributed by atoms with Crippen LogP contribution in [0, 0.1) is 30.1 Å². The van der Waals surface area contributed by atoms with E-state index in [1.54, 1.807) is 0 Å². The molecule has 70 valence electrons. The van der Waals surface area contributed by atoms with Crippen molar-refractivity contribution in [3.8, 4) is 12.3 Å². The van der Waals surface area contributed by atoms with Crippen LogP contribution < -0.4 is 5.32 Å². The van der Waals surface area contributed by atoms with E-state index in [4.69, 9.17) is 6.42 Å². The monoisotopic (exact) mass is 177 g/mol. The number of nitrogens with one attached hydrogen (secondary N) is 1. The molecule has 1 amide bonds. The topological polar surface area (TPSA) is 29.1 Å². The molecular formula is C11H15NO. The molecule has 0 aromatic rings. The molecule has 2 atom stereocenters. The first-order valence-corrected chi connectivity index (χ1v) is 5.06. The van der Waals surface area contributed by atoms with Crippen molar-refractivity contribution in [2.75, 3.05) is 6.54 Å². The van der Waals surface area contributed by atoms with E-state index in [0.29, 0.717) is 24.3 Å². The van der Waals surface area contributed by atoms with E-state index in [-0.39, 0.29) is 5.91 Å². The molecule has 2 saturated carbocycles. The second-order valence-electron chi connectivity index (χ2n) is 4.06. The Bertz CT molecular complexity index is 241. The summed E-state index contributed by atoms with van der Waals surface area (Å²) >= 11 is 0. The Hall–Kier alpha value is -0.970. The largest absolute Gasteiger partial charge is 0.345 e. The van der Waals surface area contributed by atoms with Gasteiger partial charge in [-0.25, -0.2) is 0 Å². The van der Waals surface area contributed by atoms with Gasteiger partial charge in [0.25, 0.3) is 0 Å². The first kappa shape index (κ1) is 8.62. The molecular weight excluding hydrogens is 162 g/mol. The second-order valence-corrected chi connectivity index (χ2v) is 4.06. The highest BCUT2D eigenvalue weighted by Gasteiger charge is 2.54. The van der Waals surface area contributed by atoms with Crippen molar-refractivity contribution in [2.45, 2.75) is 25.7 Å². The molecule has 0 aromatic heterocycles. The molecule has 2 aliphatic carbocycles. The van der Waals surface area contributed by atoms with Gasteiger partial charge in [-0.15, -0.1) is 6.42 Å². The Kier molecular flexibility index (Phi) is 2.26. The minimum absolute atomic E-state index is 0.190. The standard InChI is InChI=1S/C11H15NO/c1-2-7-12-11(13)10-8-5-3-4-6-9(8)10/h1,8-10H,3-7H2,(H,12,13). The number of carbonyl (C=O) groups excluding carboxylic acids is 1. The lowest BCUT2D eigenvalue weighted by Gasteiger charge is -2.04. The summed E-state index contributed by atoms with van der Waals surface area (Å²) in [7, 11) is 0. The Balaban J connectivity index is 1.83. The molecule has 1 N–H and O–H groups in total. The van der Waals surface area contributed by atoms with Gasteiger partial charge in [0.15, 0.2) is 0 Å². The predicted molar refractivity (Wildman–Crippen MR) is 50.8 cm³/mol. The van der Waals surface area contributed by atoms with Crippen LogP contribution in [0.5, 0.6) is 0 Å².